The topological polar surface area (TPSA) is 121 Å². The molecule has 1 fully saturated rings. The lowest BCUT2D eigenvalue weighted by Gasteiger charge is -2.46. The Balaban J connectivity index is 1.43. The number of aromatic nitrogens is 3. The summed E-state index contributed by atoms with van der Waals surface area (Å²) in [5, 5.41) is 6.27. The van der Waals surface area contributed by atoms with Gasteiger partial charge in [-0.1, -0.05) is 93.6 Å². The fourth-order valence-electron chi connectivity index (χ4n) is 6.69. The van der Waals surface area contributed by atoms with Crippen molar-refractivity contribution in [3.63, 3.8) is 0 Å². The van der Waals surface area contributed by atoms with E-state index >= 15 is 0 Å². The number of nitrogens with two attached hydrogens (primary N) is 1. The second kappa shape index (κ2) is 12.9. The first-order chi connectivity index (χ1) is 22.2. The number of benzene rings is 3. The standard InChI is InChI=1S/C35H39N5O4SSi/c1-35(2,3)46(22-14-8-6-9-15-22,23-16-10-7-11-17-23)44-29-24(33(41)43-5)20-27(30(29)42-4)38-31-25(21-37-34(36)40-31)32-39-26-18-12-13-19-28(26)45-32/h6-19,21,24,27,29-30H,20H2,1-5H3,(H3,36,37,38,40)/t24-,27+,29+,30-/m0/s1. The molecule has 11 heteroatoms. The fourth-order valence-corrected chi connectivity index (χ4v) is 12.4. The van der Waals surface area contributed by atoms with Crippen LogP contribution in [0.15, 0.2) is 91.1 Å². The largest absolute Gasteiger partial charge is 0.469 e. The van der Waals surface area contributed by atoms with Gasteiger partial charge in [0.2, 0.25) is 5.95 Å². The predicted octanol–water partition coefficient (Wildman–Crippen LogP) is 5.27. The number of rotatable bonds is 9. The second-order valence-electron chi connectivity index (χ2n) is 12.5. The van der Waals surface area contributed by atoms with Crippen LogP contribution in [0.2, 0.25) is 5.04 Å². The van der Waals surface area contributed by atoms with Crippen molar-refractivity contribution in [1.82, 2.24) is 15.0 Å². The summed E-state index contributed by atoms with van der Waals surface area (Å²) in [4.78, 5) is 27.2. The molecule has 4 atom stereocenters. The van der Waals surface area contributed by atoms with Gasteiger partial charge >= 0.3 is 5.97 Å². The minimum atomic E-state index is -3.06. The quantitative estimate of drug-likeness (QED) is 0.162. The van der Waals surface area contributed by atoms with Crippen molar-refractivity contribution in [2.24, 2.45) is 5.92 Å². The first-order valence-electron chi connectivity index (χ1n) is 15.3. The number of esters is 1. The maximum atomic E-state index is 13.5. The Bertz CT molecular complexity index is 1740. The highest BCUT2D eigenvalue weighted by Gasteiger charge is 2.57. The van der Waals surface area contributed by atoms with Gasteiger partial charge in [0.25, 0.3) is 8.32 Å². The summed E-state index contributed by atoms with van der Waals surface area (Å²) >= 11 is 1.55. The molecule has 238 valence electrons. The number of carbonyl (C=O) groups excluding carboxylic acids is 1. The smallest absolute Gasteiger partial charge is 0.311 e. The summed E-state index contributed by atoms with van der Waals surface area (Å²) in [6, 6.07) is 28.4. The van der Waals surface area contributed by atoms with Crippen LogP contribution >= 0.6 is 11.3 Å². The van der Waals surface area contributed by atoms with Gasteiger partial charge < -0.3 is 25.0 Å². The Morgan fingerprint density at radius 1 is 0.913 bits per heavy atom. The number of anilines is 2. The van der Waals surface area contributed by atoms with Crippen molar-refractivity contribution in [2.75, 3.05) is 25.3 Å². The number of hydrogen-bond donors (Lipinski definition) is 2. The highest BCUT2D eigenvalue weighted by molar-refractivity contribution is 7.21. The number of fused-ring (bicyclic) bond motifs is 1. The van der Waals surface area contributed by atoms with Crippen molar-refractivity contribution in [3.05, 3.63) is 91.1 Å². The molecule has 1 saturated carbocycles. The minimum Gasteiger partial charge on any atom is -0.469 e. The van der Waals surface area contributed by atoms with E-state index in [4.69, 9.17) is 24.6 Å². The van der Waals surface area contributed by atoms with Crippen LogP contribution in [0.3, 0.4) is 0 Å². The summed E-state index contributed by atoms with van der Waals surface area (Å²) in [5.41, 5.74) is 7.72. The van der Waals surface area contributed by atoms with Gasteiger partial charge in [0.15, 0.2) is 0 Å². The molecule has 0 saturated heterocycles. The Kier molecular flexibility index (Phi) is 8.93. The molecule has 1 aliphatic carbocycles. The molecule has 2 aromatic heterocycles. The van der Waals surface area contributed by atoms with Gasteiger partial charge in [0.1, 0.15) is 16.9 Å². The molecule has 46 heavy (non-hydrogen) atoms. The summed E-state index contributed by atoms with van der Waals surface area (Å²) in [7, 11) is 0.0186. The second-order valence-corrected chi connectivity index (χ2v) is 17.8. The van der Waals surface area contributed by atoms with Crippen molar-refractivity contribution in [2.45, 2.75) is 50.5 Å². The van der Waals surface area contributed by atoms with E-state index in [1.807, 2.05) is 60.7 Å². The summed E-state index contributed by atoms with van der Waals surface area (Å²) < 4.78 is 20.2. The molecule has 0 bridgehead atoms. The minimum absolute atomic E-state index is 0.129. The molecule has 0 radical (unpaired) electrons. The number of carbonyl (C=O) groups is 1. The third-order valence-corrected chi connectivity index (χ3v) is 14.9. The van der Waals surface area contributed by atoms with Crippen molar-refractivity contribution in [1.29, 1.82) is 0 Å². The van der Waals surface area contributed by atoms with Crippen LogP contribution in [-0.2, 0) is 18.7 Å². The lowest BCUT2D eigenvalue weighted by Crippen LogP contribution is -2.69. The third-order valence-electron chi connectivity index (χ3n) is 8.78. The zero-order chi connectivity index (χ0) is 32.5. The fraction of sp³-hybridized carbons (Fsp3) is 0.314. The van der Waals surface area contributed by atoms with Crippen LogP contribution in [0.4, 0.5) is 11.8 Å². The molecule has 0 spiro atoms. The number of nitrogens with one attached hydrogen (secondary N) is 1. The van der Waals surface area contributed by atoms with Crippen LogP contribution in [-0.4, -0.2) is 61.7 Å². The van der Waals surface area contributed by atoms with Crippen LogP contribution in [0.5, 0.6) is 0 Å². The van der Waals surface area contributed by atoms with E-state index in [2.05, 4.69) is 60.3 Å². The zero-order valence-corrected chi connectivity index (χ0v) is 28.5. The Morgan fingerprint density at radius 2 is 1.54 bits per heavy atom. The van der Waals surface area contributed by atoms with Gasteiger partial charge in [-0.05, 0) is 34.0 Å². The molecule has 6 rings (SSSR count). The highest BCUT2D eigenvalue weighted by Crippen LogP contribution is 2.43. The van der Waals surface area contributed by atoms with E-state index in [9.17, 15) is 4.79 Å². The molecule has 0 unspecified atom stereocenters. The van der Waals surface area contributed by atoms with Gasteiger partial charge in [-0.2, -0.15) is 4.98 Å². The van der Waals surface area contributed by atoms with Crippen molar-refractivity contribution < 1.29 is 18.7 Å². The molecule has 3 N–H and O–H groups in total. The number of ether oxygens (including phenoxy) is 2. The Labute approximate surface area is 274 Å². The Hall–Kier alpha value is -4.16. The molecule has 2 heterocycles. The predicted molar refractivity (Wildman–Crippen MR) is 186 cm³/mol. The number of nitrogen functional groups attached to an aromatic ring is 1. The lowest BCUT2D eigenvalue weighted by molar-refractivity contribution is -0.149. The molecule has 0 amide bonds. The maximum Gasteiger partial charge on any atom is 0.311 e. The van der Waals surface area contributed by atoms with E-state index in [1.165, 1.54) is 7.11 Å². The number of thiazole rings is 1. The van der Waals surface area contributed by atoms with E-state index in [-0.39, 0.29) is 23.0 Å². The average molecular weight is 654 g/mol. The van der Waals surface area contributed by atoms with Gasteiger partial charge in [-0.25, -0.2) is 9.97 Å². The first kappa shape index (κ1) is 31.8. The molecule has 9 nitrogen and oxygen atoms in total. The number of para-hydroxylation sites is 1. The Morgan fingerprint density at radius 3 is 2.13 bits per heavy atom. The van der Waals surface area contributed by atoms with E-state index < -0.39 is 26.4 Å². The van der Waals surface area contributed by atoms with E-state index in [1.54, 1.807) is 24.6 Å². The van der Waals surface area contributed by atoms with Crippen LogP contribution in [0.25, 0.3) is 20.8 Å². The number of nitrogens with zero attached hydrogens (tertiary/aromatic N) is 3. The summed E-state index contributed by atoms with van der Waals surface area (Å²) in [6.45, 7) is 6.65. The van der Waals surface area contributed by atoms with Crippen LogP contribution in [0.1, 0.15) is 27.2 Å². The van der Waals surface area contributed by atoms with Crippen LogP contribution in [0, 0.1) is 5.92 Å². The maximum absolute atomic E-state index is 13.5. The van der Waals surface area contributed by atoms with Gasteiger partial charge in [0, 0.05) is 13.3 Å². The summed E-state index contributed by atoms with van der Waals surface area (Å²) in [5.74, 6) is -0.292. The van der Waals surface area contributed by atoms with Gasteiger partial charge in [-0.3, -0.25) is 4.79 Å². The monoisotopic (exact) mass is 653 g/mol. The lowest BCUT2D eigenvalue weighted by atomic mass is 10.1. The summed E-state index contributed by atoms with van der Waals surface area (Å²) in [6.07, 6.45) is 0.946. The SMILES string of the molecule is COC(=O)[C@H]1C[C@@H](Nc2nc(N)ncc2-c2nc3ccccc3s2)[C@H](OC)[C@@H]1O[Si](c1ccccc1)(c1ccccc1)C(C)(C)C. The molecular weight excluding hydrogens is 615 g/mol. The number of hydrogen-bond acceptors (Lipinski definition) is 10. The molecule has 5 aromatic rings. The van der Waals surface area contributed by atoms with Crippen LogP contribution < -0.4 is 21.4 Å². The first-order valence-corrected chi connectivity index (χ1v) is 18.0. The average Bonchev–Trinajstić information content (AvgIpc) is 3.64. The molecule has 0 aliphatic heterocycles. The van der Waals surface area contributed by atoms with Gasteiger partial charge in [0.05, 0.1) is 41.0 Å². The highest BCUT2D eigenvalue weighted by atomic mass is 32.1. The van der Waals surface area contributed by atoms with E-state index in [0.29, 0.717) is 12.2 Å². The van der Waals surface area contributed by atoms with Crippen molar-refractivity contribution in [3.8, 4) is 10.6 Å². The molecular formula is C35H39N5O4SSi. The van der Waals surface area contributed by atoms with Gasteiger partial charge in [-0.15, -0.1) is 11.3 Å². The zero-order valence-electron chi connectivity index (χ0n) is 26.6. The number of methoxy groups -OCH3 is 2. The molecule has 1 aliphatic rings. The normalized spacial score (nSPS) is 20.1. The van der Waals surface area contributed by atoms with E-state index in [0.717, 1.165) is 31.2 Å². The molecule has 3 aromatic carbocycles. The third kappa shape index (κ3) is 5.79. The van der Waals surface area contributed by atoms with Crippen molar-refractivity contribution >= 4 is 58.0 Å².